The van der Waals surface area contributed by atoms with E-state index >= 15 is 0 Å². The van der Waals surface area contributed by atoms with Gasteiger partial charge >= 0.3 is 7.12 Å². The highest BCUT2D eigenvalue weighted by Gasteiger charge is 2.21. The molecule has 2 aromatic carbocycles. The molecule has 0 radical (unpaired) electrons. The van der Waals surface area contributed by atoms with E-state index in [0.717, 1.165) is 5.56 Å². The second-order valence-corrected chi connectivity index (χ2v) is 8.73. The molecule has 0 saturated heterocycles. The number of hydrogen-bond donors (Lipinski definition) is 4. The molecule has 0 aliphatic carbocycles. The van der Waals surface area contributed by atoms with Gasteiger partial charge in [-0.25, -0.2) is 0 Å². The predicted octanol–water partition coefficient (Wildman–Crippen LogP) is 2.23. The van der Waals surface area contributed by atoms with Crippen LogP contribution in [0, 0.1) is 11.3 Å². The van der Waals surface area contributed by atoms with Crippen molar-refractivity contribution >= 4 is 25.0 Å². The van der Waals surface area contributed by atoms with Crippen LogP contribution in [-0.4, -0.2) is 54.8 Å². The van der Waals surface area contributed by atoms with Crippen LogP contribution in [0.15, 0.2) is 60.2 Å². The minimum absolute atomic E-state index is 0.0389. The fourth-order valence-corrected chi connectivity index (χ4v) is 3.17. The average Bonchev–Trinajstić information content (AvgIpc) is 2.86. The number of nitriles is 1. The van der Waals surface area contributed by atoms with E-state index in [9.17, 15) is 24.9 Å². The molecule has 1 atom stereocenters. The first-order valence-electron chi connectivity index (χ1n) is 11.5. The maximum Gasteiger partial charge on any atom is 0.453 e. The van der Waals surface area contributed by atoms with Crippen molar-refractivity contribution in [3.05, 3.63) is 71.3 Å². The smallest absolute Gasteiger partial charge is 0.453 e. The van der Waals surface area contributed by atoms with Crippen LogP contribution in [0.5, 0.6) is 5.75 Å². The highest BCUT2D eigenvalue weighted by Crippen LogP contribution is 2.19. The fraction of sp³-hybridized carbons (Fsp3) is 0.346. The number of carbonyl (C=O) groups is 2. The number of hydrogen-bond acceptors (Lipinski definition) is 7. The molecule has 2 rings (SSSR count). The van der Waals surface area contributed by atoms with Gasteiger partial charge in [0.1, 0.15) is 17.4 Å². The number of methoxy groups -OCH3 is 1. The standard InChI is InChI=1S/C26H32BN3O6/c1-26(2,35-3)18-29-25(32)21(17-28)14-19-8-7-11-22(15-19)36-13-12-24(31)30-23(16-27(33)34)20-9-5-4-6-10-20/h4-11,14-15,23,33-34H,12-13,16,18H2,1-3H3,(H,29,32)(H,30,31)/t23-/m0/s1. The lowest BCUT2D eigenvalue weighted by Crippen LogP contribution is -2.40. The second kappa shape index (κ2) is 14.0. The molecule has 0 aromatic heterocycles. The summed E-state index contributed by atoms with van der Waals surface area (Å²) < 4.78 is 10.9. The van der Waals surface area contributed by atoms with Crippen LogP contribution < -0.4 is 15.4 Å². The first-order valence-corrected chi connectivity index (χ1v) is 11.5. The van der Waals surface area contributed by atoms with Gasteiger partial charge in [-0.1, -0.05) is 42.5 Å². The molecule has 0 spiro atoms. The van der Waals surface area contributed by atoms with E-state index in [4.69, 9.17) is 9.47 Å². The summed E-state index contributed by atoms with van der Waals surface area (Å²) in [7, 11) is -0.0156. The number of nitrogens with one attached hydrogen (secondary N) is 2. The number of rotatable bonds is 13. The second-order valence-electron chi connectivity index (χ2n) is 8.73. The van der Waals surface area contributed by atoms with Crippen molar-refractivity contribution < 1.29 is 29.1 Å². The zero-order chi connectivity index (χ0) is 26.6. The molecule has 36 heavy (non-hydrogen) atoms. The Morgan fingerprint density at radius 2 is 1.89 bits per heavy atom. The summed E-state index contributed by atoms with van der Waals surface area (Å²) in [4.78, 5) is 24.8. The highest BCUT2D eigenvalue weighted by molar-refractivity contribution is 6.41. The normalized spacial score (nSPS) is 12.3. The van der Waals surface area contributed by atoms with Crippen LogP contribution in [0.4, 0.5) is 0 Å². The van der Waals surface area contributed by atoms with Gasteiger partial charge in [-0.2, -0.15) is 5.26 Å². The molecule has 2 amide bonds. The maximum atomic E-state index is 12.4. The lowest BCUT2D eigenvalue weighted by atomic mass is 9.79. The average molecular weight is 493 g/mol. The van der Waals surface area contributed by atoms with Gasteiger partial charge in [0, 0.05) is 20.0 Å². The van der Waals surface area contributed by atoms with E-state index in [1.54, 1.807) is 43.5 Å². The Morgan fingerprint density at radius 1 is 1.17 bits per heavy atom. The molecule has 2 aromatic rings. The molecule has 0 aliphatic rings. The lowest BCUT2D eigenvalue weighted by molar-refractivity contribution is -0.122. The number of nitrogens with zero attached hydrogens (tertiary/aromatic N) is 1. The Balaban J connectivity index is 1.94. The number of ether oxygens (including phenoxy) is 2. The first-order chi connectivity index (χ1) is 17.1. The van der Waals surface area contributed by atoms with Crippen LogP contribution in [0.3, 0.4) is 0 Å². The third kappa shape index (κ3) is 9.92. The molecule has 10 heteroatoms. The van der Waals surface area contributed by atoms with E-state index in [-0.39, 0.29) is 37.4 Å². The van der Waals surface area contributed by atoms with Gasteiger partial charge < -0.3 is 30.2 Å². The van der Waals surface area contributed by atoms with Gasteiger partial charge in [0.25, 0.3) is 5.91 Å². The minimum Gasteiger partial charge on any atom is -0.493 e. The van der Waals surface area contributed by atoms with E-state index in [1.807, 2.05) is 38.1 Å². The van der Waals surface area contributed by atoms with Crippen molar-refractivity contribution in [2.45, 2.75) is 38.2 Å². The molecule has 0 aliphatic heterocycles. The van der Waals surface area contributed by atoms with Crippen LogP contribution in [0.2, 0.25) is 6.32 Å². The molecular weight excluding hydrogens is 461 g/mol. The zero-order valence-electron chi connectivity index (χ0n) is 20.7. The van der Waals surface area contributed by atoms with E-state index in [1.165, 1.54) is 6.08 Å². The molecular formula is C26H32BN3O6. The summed E-state index contributed by atoms with van der Waals surface area (Å²) in [6, 6.07) is 17.2. The van der Waals surface area contributed by atoms with E-state index < -0.39 is 24.7 Å². The summed E-state index contributed by atoms with van der Waals surface area (Å²) >= 11 is 0. The van der Waals surface area contributed by atoms with Crippen LogP contribution in [0.1, 0.15) is 37.4 Å². The van der Waals surface area contributed by atoms with Crippen molar-refractivity contribution in [1.29, 1.82) is 5.26 Å². The summed E-state index contributed by atoms with van der Waals surface area (Å²) in [5, 5.41) is 33.6. The van der Waals surface area contributed by atoms with Crippen LogP contribution in [0.25, 0.3) is 6.08 Å². The molecule has 0 heterocycles. The molecule has 0 fully saturated rings. The van der Waals surface area contributed by atoms with Crippen LogP contribution in [-0.2, 0) is 14.3 Å². The van der Waals surface area contributed by atoms with Gasteiger partial charge in [-0.15, -0.1) is 0 Å². The first kappa shape index (κ1) is 28.6. The predicted molar refractivity (Wildman–Crippen MR) is 137 cm³/mol. The van der Waals surface area contributed by atoms with Crippen molar-refractivity contribution in [3.8, 4) is 11.8 Å². The summed E-state index contributed by atoms with van der Waals surface area (Å²) in [5.41, 5.74) is 0.740. The van der Waals surface area contributed by atoms with Gasteiger partial charge in [0.2, 0.25) is 5.91 Å². The van der Waals surface area contributed by atoms with Gasteiger partial charge in [0.15, 0.2) is 0 Å². The van der Waals surface area contributed by atoms with Crippen molar-refractivity contribution in [1.82, 2.24) is 10.6 Å². The Bertz CT molecular complexity index is 1080. The van der Waals surface area contributed by atoms with Gasteiger partial charge in [0.05, 0.1) is 24.7 Å². The Kier molecular flexibility index (Phi) is 11.2. The zero-order valence-corrected chi connectivity index (χ0v) is 20.7. The fourth-order valence-electron chi connectivity index (χ4n) is 3.17. The number of amides is 2. The molecule has 0 saturated carbocycles. The molecule has 0 unspecified atom stereocenters. The third-order valence-electron chi connectivity index (χ3n) is 5.34. The van der Waals surface area contributed by atoms with Crippen molar-refractivity contribution in [3.63, 3.8) is 0 Å². The summed E-state index contributed by atoms with van der Waals surface area (Å²) in [6.07, 6.45) is 1.47. The van der Waals surface area contributed by atoms with Crippen molar-refractivity contribution in [2.24, 2.45) is 0 Å². The Labute approximate surface area is 211 Å². The largest absolute Gasteiger partial charge is 0.493 e. The topological polar surface area (TPSA) is 141 Å². The lowest BCUT2D eigenvalue weighted by Gasteiger charge is -2.22. The van der Waals surface area contributed by atoms with Gasteiger partial charge in [-0.3, -0.25) is 9.59 Å². The molecule has 9 nitrogen and oxygen atoms in total. The summed E-state index contributed by atoms with van der Waals surface area (Å²) in [5.74, 6) is -0.338. The highest BCUT2D eigenvalue weighted by atomic mass is 16.5. The number of carbonyl (C=O) groups excluding carboxylic acids is 2. The number of benzene rings is 2. The molecule has 4 N–H and O–H groups in total. The summed E-state index contributed by atoms with van der Waals surface area (Å²) in [6.45, 7) is 3.97. The van der Waals surface area contributed by atoms with Gasteiger partial charge in [-0.05, 0) is 43.2 Å². The molecule has 0 bridgehead atoms. The minimum atomic E-state index is -1.56. The van der Waals surface area contributed by atoms with Crippen molar-refractivity contribution in [2.75, 3.05) is 20.3 Å². The Morgan fingerprint density at radius 3 is 2.53 bits per heavy atom. The van der Waals surface area contributed by atoms with E-state index in [0.29, 0.717) is 11.3 Å². The maximum absolute atomic E-state index is 12.4. The van der Waals surface area contributed by atoms with Crippen LogP contribution >= 0.6 is 0 Å². The molecule has 190 valence electrons. The van der Waals surface area contributed by atoms with E-state index in [2.05, 4.69) is 10.6 Å². The quantitative estimate of drug-likeness (QED) is 0.191. The SMILES string of the molecule is COC(C)(C)CNC(=O)C(C#N)=Cc1cccc(OCCC(=O)N[C@@H](CB(O)O)c2ccccc2)c1. The third-order valence-corrected chi connectivity index (χ3v) is 5.34. The monoisotopic (exact) mass is 493 g/mol. The Hall–Kier alpha value is -3.65.